The third-order valence-electron chi connectivity index (χ3n) is 15.3. The van der Waals surface area contributed by atoms with Crippen molar-refractivity contribution < 1.29 is 0 Å². The molecule has 1 heterocycles. The largest absolute Gasteiger partial charge is 0.310 e. The highest BCUT2D eigenvalue weighted by molar-refractivity contribution is 6.10. The van der Waals surface area contributed by atoms with E-state index in [1.807, 2.05) is 0 Å². The molecule has 12 aromatic rings. The van der Waals surface area contributed by atoms with Gasteiger partial charge < -0.3 is 9.47 Å². The van der Waals surface area contributed by atoms with Gasteiger partial charge in [0.2, 0.25) is 0 Å². The van der Waals surface area contributed by atoms with E-state index >= 15 is 0 Å². The molecule has 71 heavy (non-hydrogen) atoms. The minimum atomic E-state index is -0.442. The molecule has 2 aliphatic carbocycles. The molecule has 0 fully saturated rings. The molecule has 1 aromatic heterocycles. The molecule has 0 amide bonds. The first kappa shape index (κ1) is 41.0. The third kappa shape index (κ3) is 6.28. The molecule has 14 rings (SSSR count). The van der Waals surface area contributed by atoms with Gasteiger partial charge in [0.15, 0.2) is 0 Å². The monoisotopic (exact) mass is 904 g/mol. The van der Waals surface area contributed by atoms with E-state index in [4.69, 9.17) is 0 Å². The SMILES string of the molecule is Cc1ccc2c(c1)c1cc(C)ccc1n2-c1ccc(-c2ccc(-c3ccc(N(c4ccc5c(c4)C4(c6ccccc6-c6ccccc64)c4ccccc4-5)c4ccccc4-c4ccccc4)cc3)cc2)cc1. The Kier molecular flexibility index (Phi) is 9.28. The van der Waals surface area contributed by atoms with Crippen LogP contribution >= 0.6 is 0 Å². The minimum absolute atomic E-state index is 0.442. The Hall–Kier alpha value is -8.98. The summed E-state index contributed by atoms with van der Waals surface area (Å²) in [6.07, 6.45) is 0. The zero-order valence-corrected chi connectivity index (χ0v) is 39.6. The predicted molar refractivity (Wildman–Crippen MR) is 298 cm³/mol. The molecular formula is C69H48N2. The van der Waals surface area contributed by atoms with Gasteiger partial charge in [-0.1, -0.05) is 199 Å². The average molecular weight is 905 g/mol. The predicted octanol–water partition coefficient (Wildman–Crippen LogP) is 18.2. The lowest BCUT2D eigenvalue weighted by Gasteiger charge is -2.32. The van der Waals surface area contributed by atoms with Crippen LogP contribution in [0, 0.1) is 13.8 Å². The zero-order chi connectivity index (χ0) is 47.2. The summed E-state index contributed by atoms with van der Waals surface area (Å²) >= 11 is 0. The van der Waals surface area contributed by atoms with Gasteiger partial charge in [0.1, 0.15) is 0 Å². The standard InChI is InChI=1S/C69H48N2/c1-45-24-40-67-60(42-45)61-43-46(2)25-41-68(61)71(67)53-36-32-50(33-37-53)48-28-26-47(27-29-48)49-30-34-52(35-31-49)70(66-23-13-9-16-55(66)51-14-4-3-5-15-51)54-38-39-59-58-19-8-12-22-64(58)69(65(59)44-54)62-20-10-6-17-56(62)57-18-7-11-21-63(57)69/h3-44H,1-2H3. The molecule has 0 saturated carbocycles. The van der Waals surface area contributed by atoms with Crippen LogP contribution in [0.4, 0.5) is 17.1 Å². The van der Waals surface area contributed by atoms with Gasteiger partial charge in [0, 0.05) is 33.4 Å². The van der Waals surface area contributed by atoms with Gasteiger partial charge in [-0.25, -0.2) is 0 Å². The average Bonchev–Trinajstić information content (AvgIpc) is 4.03. The van der Waals surface area contributed by atoms with Crippen LogP contribution in [0.1, 0.15) is 33.4 Å². The summed E-state index contributed by atoms with van der Waals surface area (Å²) in [6.45, 7) is 4.35. The van der Waals surface area contributed by atoms with Gasteiger partial charge in [0.05, 0.1) is 22.1 Å². The van der Waals surface area contributed by atoms with Gasteiger partial charge in [-0.3, -0.25) is 0 Å². The van der Waals surface area contributed by atoms with E-state index in [0.29, 0.717) is 0 Å². The highest BCUT2D eigenvalue weighted by Gasteiger charge is 2.51. The molecule has 1 spiro atoms. The summed E-state index contributed by atoms with van der Waals surface area (Å²) in [5.74, 6) is 0. The second kappa shape index (κ2) is 16.1. The molecule has 0 unspecified atom stereocenters. The minimum Gasteiger partial charge on any atom is -0.310 e. The van der Waals surface area contributed by atoms with Gasteiger partial charge >= 0.3 is 0 Å². The maximum atomic E-state index is 2.49. The number of benzene rings is 11. The number of rotatable bonds is 7. The van der Waals surface area contributed by atoms with Crippen LogP contribution in [-0.4, -0.2) is 4.57 Å². The normalized spacial score (nSPS) is 12.8. The van der Waals surface area contributed by atoms with E-state index in [1.165, 1.54) is 111 Å². The molecule has 0 bridgehead atoms. The van der Waals surface area contributed by atoms with Crippen molar-refractivity contribution in [2.75, 3.05) is 4.90 Å². The van der Waals surface area contributed by atoms with Crippen LogP contribution in [-0.2, 0) is 5.41 Å². The highest BCUT2D eigenvalue weighted by Crippen LogP contribution is 2.63. The number of anilines is 3. The summed E-state index contributed by atoms with van der Waals surface area (Å²) in [6, 6.07) is 94.7. The fraction of sp³-hybridized carbons (Fsp3) is 0.0435. The molecule has 334 valence electrons. The fourth-order valence-corrected chi connectivity index (χ4v) is 12.2. The second-order valence-electron chi connectivity index (χ2n) is 19.4. The van der Waals surface area contributed by atoms with Crippen molar-refractivity contribution in [2.45, 2.75) is 19.3 Å². The van der Waals surface area contributed by atoms with Crippen molar-refractivity contribution in [1.82, 2.24) is 4.57 Å². The first-order chi connectivity index (χ1) is 35.0. The Bertz CT molecular complexity index is 3920. The van der Waals surface area contributed by atoms with Crippen LogP contribution in [0.5, 0.6) is 0 Å². The zero-order valence-electron chi connectivity index (χ0n) is 39.6. The molecule has 0 N–H and O–H groups in total. The molecule has 0 atom stereocenters. The topological polar surface area (TPSA) is 8.17 Å². The van der Waals surface area contributed by atoms with Crippen LogP contribution in [0.3, 0.4) is 0 Å². The van der Waals surface area contributed by atoms with Crippen molar-refractivity contribution in [3.05, 3.63) is 288 Å². The van der Waals surface area contributed by atoms with Gasteiger partial charge in [0.25, 0.3) is 0 Å². The maximum absolute atomic E-state index is 2.49. The number of nitrogens with zero attached hydrogens (tertiary/aromatic N) is 2. The van der Waals surface area contributed by atoms with Gasteiger partial charge in [-0.15, -0.1) is 0 Å². The summed E-state index contributed by atoms with van der Waals surface area (Å²) in [5.41, 5.74) is 26.7. The molecule has 0 saturated heterocycles. The Morgan fingerprint density at radius 2 is 0.732 bits per heavy atom. The van der Waals surface area contributed by atoms with Crippen LogP contribution < -0.4 is 4.90 Å². The quantitative estimate of drug-likeness (QED) is 0.155. The van der Waals surface area contributed by atoms with Crippen molar-refractivity contribution >= 4 is 38.9 Å². The van der Waals surface area contributed by atoms with Crippen molar-refractivity contribution in [2.24, 2.45) is 0 Å². The molecule has 2 aliphatic rings. The Balaban J connectivity index is 0.843. The summed E-state index contributed by atoms with van der Waals surface area (Å²) in [5, 5.41) is 2.59. The van der Waals surface area contributed by atoms with Gasteiger partial charge in [-0.2, -0.15) is 0 Å². The van der Waals surface area contributed by atoms with E-state index in [1.54, 1.807) is 0 Å². The highest BCUT2D eigenvalue weighted by atomic mass is 15.1. The Labute approximate surface area is 415 Å². The lowest BCUT2D eigenvalue weighted by molar-refractivity contribution is 0.793. The number of fused-ring (bicyclic) bond motifs is 13. The number of hydrogen-bond acceptors (Lipinski definition) is 1. The molecule has 0 radical (unpaired) electrons. The number of hydrogen-bond donors (Lipinski definition) is 0. The molecule has 2 heteroatoms. The molecular weight excluding hydrogens is 857 g/mol. The first-order valence-corrected chi connectivity index (χ1v) is 24.7. The van der Waals surface area contributed by atoms with Gasteiger partial charge in [-0.05, 0) is 153 Å². The lowest BCUT2D eigenvalue weighted by Crippen LogP contribution is -2.26. The Morgan fingerprint density at radius 3 is 1.27 bits per heavy atom. The van der Waals surface area contributed by atoms with Crippen LogP contribution in [0.15, 0.2) is 255 Å². The molecule has 0 aliphatic heterocycles. The second-order valence-corrected chi connectivity index (χ2v) is 19.4. The smallest absolute Gasteiger partial charge is 0.0726 e. The van der Waals surface area contributed by atoms with E-state index < -0.39 is 5.41 Å². The maximum Gasteiger partial charge on any atom is 0.0726 e. The fourth-order valence-electron chi connectivity index (χ4n) is 12.2. The van der Waals surface area contributed by atoms with Crippen molar-refractivity contribution in [3.63, 3.8) is 0 Å². The summed E-state index contributed by atoms with van der Waals surface area (Å²) < 4.78 is 2.40. The molecule has 11 aromatic carbocycles. The lowest BCUT2D eigenvalue weighted by atomic mass is 9.70. The van der Waals surface area contributed by atoms with Crippen molar-refractivity contribution in [1.29, 1.82) is 0 Å². The van der Waals surface area contributed by atoms with Crippen molar-refractivity contribution in [3.8, 4) is 61.3 Å². The van der Waals surface area contributed by atoms with E-state index in [0.717, 1.165) is 22.7 Å². The molecule has 2 nitrogen and oxygen atoms in total. The van der Waals surface area contributed by atoms with E-state index in [9.17, 15) is 0 Å². The number of aromatic nitrogens is 1. The summed E-state index contributed by atoms with van der Waals surface area (Å²) in [7, 11) is 0. The third-order valence-corrected chi connectivity index (χ3v) is 15.3. The van der Waals surface area contributed by atoms with Crippen LogP contribution in [0.2, 0.25) is 0 Å². The first-order valence-electron chi connectivity index (χ1n) is 24.7. The summed E-state index contributed by atoms with van der Waals surface area (Å²) in [4.78, 5) is 2.46. The Morgan fingerprint density at radius 1 is 0.310 bits per heavy atom. The number of aryl methyl sites for hydroxylation is 2. The van der Waals surface area contributed by atoms with Crippen LogP contribution in [0.25, 0.3) is 83.1 Å². The number of para-hydroxylation sites is 1. The van der Waals surface area contributed by atoms with E-state index in [2.05, 4.69) is 278 Å². The van der Waals surface area contributed by atoms with E-state index in [-0.39, 0.29) is 0 Å².